The highest BCUT2D eigenvalue weighted by molar-refractivity contribution is 4.58. The molecule has 2 atom stereocenters. The van der Waals surface area contributed by atoms with Crippen molar-refractivity contribution in [2.75, 3.05) is 0 Å². The lowest BCUT2D eigenvalue weighted by atomic mass is 10.2. The van der Waals surface area contributed by atoms with Gasteiger partial charge in [0.25, 0.3) is 0 Å². The molecular formula is C7H17NO. The third kappa shape index (κ3) is 4.43. The second-order valence-electron chi connectivity index (χ2n) is 2.40. The monoisotopic (exact) mass is 131 g/mol. The van der Waals surface area contributed by atoms with E-state index >= 15 is 0 Å². The van der Waals surface area contributed by atoms with Gasteiger partial charge in [-0.3, -0.25) is 5.32 Å². The average Bonchev–Trinajstić information content (AvgIpc) is 1.87. The van der Waals surface area contributed by atoms with Crippen LogP contribution in [0.5, 0.6) is 0 Å². The number of nitrogens with one attached hydrogen (secondary N) is 1. The van der Waals surface area contributed by atoms with Crippen molar-refractivity contribution in [2.24, 2.45) is 0 Å². The first-order valence-corrected chi connectivity index (χ1v) is 3.64. The van der Waals surface area contributed by atoms with E-state index in [0.29, 0.717) is 6.04 Å². The third-order valence-electron chi connectivity index (χ3n) is 1.48. The second kappa shape index (κ2) is 4.77. The van der Waals surface area contributed by atoms with Crippen LogP contribution in [0.1, 0.15) is 33.6 Å². The first-order chi connectivity index (χ1) is 4.20. The minimum absolute atomic E-state index is 0.319. The van der Waals surface area contributed by atoms with Crippen LogP contribution < -0.4 is 5.32 Å². The van der Waals surface area contributed by atoms with Crippen LogP contribution in [-0.4, -0.2) is 17.4 Å². The summed E-state index contributed by atoms with van der Waals surface area (Å²) in [6.07, 6.45) is 1.53. The van der Waals surface area contributed by atoms with Gasteiger partial charge in [0.05, 0.1) is 0 Å². The Labute approximate surface area is 57.3 Å². The maximum Gasteiger partial charge on any atom is 0.104 e. The van der Waals surface area contributed by atoms with Crippen LogP contribution in [0.25, 0.3) is 0 Å². The van der Waals surface area contributed by atoms with Gasteiger partial charge in [-0.05, 0) is 19.8 Å². The predicted molar refractivity (Wildman–Crippen MR) is 39.2 cm³/mol. The third-order valence-corrected chi connectivity index (χ3v) is 1.48. The van der Waals surface area contributed by atoms with Crippen LogP contribution in [0.2, 0.25) is 0 Å². The van der Waals surface area contributed by atoms with Crippen LogP contribution in [-0.2, 0) is 0 Å². The zero-order chi connectivity index (χ0) is 7.28. The van der Waals surface area contributed by atoms with E-state index in [1.54, 1.807) is 0 Å². The van der Waals surface area contributed by atoms with Crippen molar-refractivity contribution in [1.82, 2.24) is 5.32 Å². The number of aliphatic hydroxyl groups is 1. The highest BCUT2D eigenvalue weighted by atomic mass is 16.3. The number of hydrogen-bond donors (Lipinski definition) is 2. The molecule has 0 aliphatic heterocycles. The minimum atomic E-state index is -0.319. The zero-order valence-electron chi connectivity index (χ0n) is 6.52. The van der Waals surface area contributed by atoms with E-state index in [1.165, 1.54) is 0 Å². The van der Waals surface area contributed by atoms with E-state index < -0.39 is 0 Å². The molecule has 0 amide bonds. The van der Waals surface area contributed by atoms with Crippen LogP contribution in [0, 0.1) is 0 Å². The molecule has 0 rings (SSSR count). The van der Waals surface area contributed by atoms with E-state index in [-0.39, 0.29) is 6.23 Å². The van der Waals surface area contributed by atoms with E-state index in [1.807, 2.05) is 6.92 Å². The number of rotatable bonds is 4. The van der Waals surface area contributed by atoms with E-state index in [0.717, 1.165) is 12.8 Å². The Morgan fingerprint density at radius 1 is 1.33 bits per heavy atom. The minimum Gasteiger partial charge on any atom is -0.379 e. The molecule has 56 valence electrons. The molecular weight excluding hydrogens is 114 g/mol. The van der Waals surface area contributed by atoms with Gasteiger partial charge in [-0.15, -0.1) is 0 Å². The molecule has 0 radical (unpaired) electrons. The topological polar surface area (TPSA) is 32.3 Å². The second-order valence-corrected chi connectivity index (χ2v) is 2.40. The molecule has 0 saturated carbocycles. The zero-order valence-corrected chi connectivity index (χ0v) is 6.52. The Morgan fingerprint density at radius 2 is 1.89 bits per heavy atom. The Kier molecular flexibility index (Phi) is 4.72. The van der Waals surface area contributed by atoms with Gasteiger partial charge < -0.3 is 5.11 Å². The Balaban J connectivity index is 3.22. The average molecular weight is 131 g/mol. The van der Waals surface area contributed by atoms with Crippen molar-refractivity contribution < 1.29 is 5.11 Å². The summed E-state index contributed by atoms with van der Waals surface area (Å²) < 4.78 is 0. The lowest BCUT2D eigenvalue weighted by Crippen LogP contribution is -2.35. The van der Waals surface area contributed by atoms with E-state index in [4.69, 9.17) is 5.11 Å². The molecule has 0 aromatic rings. The summed E-state index contributed by atoms with van der Waals surface area (Å²) in [5, 5.41) is 12.1. The number of aliphatic hydroxyl groups excluding tert-OH is 1. The Morgan fingerprint density at radius 3 is 2.22 bits per heavy atom. The van der Waals surface area contributed by atoms with Crippen molar-refractivity contribution in [3.8, 4) is 0 Å². The smallest absolute Gasteiger partial charge is 0.104 e. The van der Waals surface area contributed by atoms with E-state index in [9.17, 15) is 0 Å². The Bertz CT molecular complexity index is 57.9. The standard InChI is InChI=1S/C7H17NO/c1-4-6(3)8-7(9)5-2/h6-9H,4-5H2,1-3H3. The molecule has 0 heterocycles. The molecule has 9 heavy (non-hydrogen) atoms. The van der Waals surface area contributed by atoms with Gasteiger partial charge in [-0.25, -0.2) is 0 Å². The van der Waals surface area contributed by atoms with Crippen molar-refractivity contribution >= 4 is 0 Å². The molecule has 0 aliphatic rings. The molecule has 0 saturated heterocycles. The van der Waals surface area contributed by atoms with Gasteiger partial charge in [-0.2, -0.15) is 0 Å². The van der Waals surface area contributed by atoms with E-state index in [2.05, 4.69) is 19.2 Å². The van der Waals surface area contributed by atoms with Crippen LogP contribution in [0.15, 0.2) is 0 Å². The largest absolute Gasteiger partial charge is 0.379 e. The van der Waals surface area contributed by atoms with Crippen LogP contribution >= 0.6 is 0 Å². The summed E-state index contributed by atoms with van der Waals surface area (Å²) in [5.74, 6) is 0. The molecule has 0 aromatic carbocycles. The Hall–Kier alpha value is -0.0800. The maximum atomic E-state index is 9.05. The van der Waals surface area contributed by atoms with Gasteiger partial charge in [-0.1, -0.05) is 13.8 Å². The highest BCUT2D eigenvalue weighted by Crippen LogP contribution is 1.91. The van der Waals surface area contributed by atoms with Crippen molar-refractivity contribution in [2.45, 2.75) is 45.9 Å². The van der Waals surface area contributed by atoms with Gasteiger partial charge in [0.1, 0.15) is 6.23 Å². The fourth-order valence-electron chi connectivity index (χ4n) is 0.564. The molecule has 2 nitrogen and oxygen atoms in total. The summed E-state index contributed by atoms with van der Waals surface area (Å²) in [4.78, 5) is 0. The highest BCUT2D eigenvalue weighted by Gasteiger charge is 2.02. The SMILES string of the molecule is CCC(C)NC(O)CC. The first kappa shape index (κ1) is 8.92. The summed E-state index contributed by atoms with van der Waals surface area (Å²) >= 11 is 0. The van der Waals surface area contributed by atoms with Crippen molar-refractivity contribution in [3.05, 3.63) is 0 Å². The summed E-state index contributed by atoms with van der Waals surface area (Å²) in [5.41, 5.74) is 0. The molecule has 0 aliphatic carbocycles. The van der Waals surface area contributed by atoms with Gasteiger partial charge in [0.2, 0.25) is 0 Å². The summed E-state index contributed by atoms with van der Waals surface area (Å²) in [6.45, 7) is 6.12. The lowest BCUT2D eigenvalue weighted by molar-refractivity contribution is 0.120. The van der Waals surface area contributed by atoms with Gasteiger partial charge >= 0.3 is 0 Å². The summed E-state index contributed by atoms with van der Waals surface area (Å²) in [7, 11) is 0. The van der Waals surface area contributed by atoms with Gasteiger partial charge in [0, 0.05) is 6.04 Å². The molecule has 0 aromatic heterocycles. The molecule has 0 spiro atoms. The normalized spacial score (nSPS) is 17.3. The number of hydrogen-bond acceptors (Lipinski definition) is 2. The molecule has 0 fully saturated rings. The lowest BCUT2D eigenvalue weighted by Gasteiger charge is -2.15. The fourth-order valence-corrected chi connectivity index (χ4v) is 0.564. The van der Waals surface area contributed by atoms with Crippen molar-refractivity contribution in [3.63, 3.8) is 0 Å². The predicted octanol–water partition coefficient (Wildman–Crippen LogP) is 1.10. The molecule has 2 heteroatoms. The van der Waals surface area contributed by atoms with Crippen molar-refractivity contribution in [1.29, 1.82) is 0 Å². The van der Waals surface area contributed by atoms with Gasteiger partial charge in [0.15, 0.2) is 0 Å². The van der Waals surface area contributed by atoms with Crippen LogP contribution in [0.3, 0.4) is 0 Å². The molecule has 2 N–H and O–H groups in total. The maximum absolute atomic E-state index is 9.05. The first-order valence-electron chi connectivity index (χ1n) is 3.64. The molecule has 2 unspecified atom stereocenters. The quantitative estimate of drug-likeness (QED) is 0.560. The summed E-state index contributed by atoms with van der Waals surface area (Å²) in [6, 6.07) is 0.431. The fraction of sp³-hybridized carbons (Fsp3) is 1.00. The molecule has 0 bridgehead atoms. The van der Waals surface area contributed by atoms with Crippen LogP contribution in [0.4, 0.5) is 0 Å².